The highest BCUT2D eigenvalue weighted by atomic mass is 16.5. The van der Waals surface area contributed by atoms with Crippen LogP contribution in [0, 0.1) is 6.92 Å². The first-order valence-electron chi connectivity index (χ1n) is 6.89. The molecule has 19 heavy (non-hydrogen) atoms. The number of benzene rings is 1. The summed E-state index contributed by atoms with van der Waals surface area (Å²) in [6, 6.07) is 6.37. The summed E-state index contributed by atoms with van der Waals surface area (Å²) >= 11 is 0. The zero-order valence-electron chi connectivity index (χ0n) is 13.2. The second-order valence-electron chi connectivity index (χ2n) is 5.94. The number of likely N-dealkylation sites (N-methyl/N-ethyl adjacent to an activating group) is 2. The lowest BCUT2D eigenvalue weighted by molar-refractivity contribution is 0.246. The molecular weight excluding hydrogens is 236 g/mol. The monoisotopic (exact) mass is 264 g/mol. The minimum atomic E-state index is 0.144. The summed E-state index contributed by atoms with van der Waals surface area (Å²) in [6.07, 6.45) is 1.02. The summed E-state index contributed by atoms with van der Waals surface area (Å²) in [4.78, 5) is 2.36. The van der Waals surface area contributed by atoms with Crippen LogP contribution in [0.25, 0.3) is 0 Å². The Kier molecular flexibility index (Phi) is 5.83. The summed E-state index contributed by atoms with van der Waals surface area (Å²) in [5, 5.41) is 3.34. The molecule has 0 aliphatic heterocycles. The molecule has 0 bridgehead atoms. The van der Waals surface area contributed by atoms with E-state index in [1.807, 2.05) is 7.05 Å². The molecule has 0 radical (unpaired) electrons. The van der Waals surface area contributed by atoms with E-state index in [-0.39, 0.29) is 5.54 Å². The normalized spacial score (nSPS) is 11.9. The van der Waals surface area contributed by atoms with Crippen LogP contribution in [0.2, 0.25) is 0 Å². The van der Waals surface area contributed by atoms with Crippen molar-refractivity contribution in [1.29, 1.82) is 0 Å². The van der Waals surface area contributed by atoms with Gasteiger partial charge in [0.15, 0.2) is 0 Å². The third kappa shape index (κ3) is 5.21. The molecule has 1 aromatic rings. The SMILES string of the molecule is CNC(C)(C)CN(C)CCc1cc(C)ccc1OC. The number of nitrogens with zero attached hydrogens (tertiary/aromatic N) is 1. The highest BCUT2D eigenvalue weighted by Crippen LogP contribution is 2.20. The van der Waals surface area contributed by atoms with Crippen molar-refractivity contribution in [3.05, 3.63) is 29.3 Å². The van der Waals surface area contributed by atoms with E-state index in [2.05, 4.69) is 56.2 Å². The van der Waals surface area contributed by atoms with Crippen LogP contribution in [-0.4, -0.2) is 44.7 Å². The molecule has 0 fully saturated rings. The predicted molar refractivity (Wildman–Crippen MR) is 82.1 cm³/mol. The van der Waals surface area contributed by atoms with Crippen molar-refractivity contribution in [2.75, 3.05) is 34.3 Å². The minimum Gasteiger partial charge on any atom is -0.496 e. The van der Waals surface area contributed by atoms with Gasteiger partial charge in [0, 0.05) is 18.6 Å². The summed E-state index contributed by atoms with van der Waals surface area (Å²) in [5.41, 5.74) is 2.72. The molecule has 1 N–H and O–H groups in total. The van der Waals surface area contributed by atoms with Gasteiger partial charge in [0.05, 0.1) is 7.11 Å². The van der Waals surface area contributed by atoms with Crippen molar-refractivity contribution in [1.82, 2.24) is 10.2 Å². The maximum atomic E-state index is 5.42. The lowest BCUT2D eigenvalue weighted by Gasteiger charge is -2.30. The summed E-state index contributed by atoms with van der Waals surface area (Å²) in [7, 11) is 5.92. The second-order valence-corrected chi connectivity index (χ2v) is 5.94. The number of ether oxygens (including phenoxy) is 1. The highest BCUT2D eigenvalue weighted by Gasteiger charge is 2.17. The molecule has 0 saturated carbocycles. The van der Waals surface area contributed by atoms with Crippen molar-refractivity contribution in [2.45, 2.75) is 32.7 Å². The fourth-order valence-corrected chi connectivity index (χ4v) is 2.25. The Morgan fingerprint density at radius 1 is 1.32 bits per heavy atom. The van der Waals surface area contributed by atoms with Crippen LogP contribution in [0.1, 0.15) is 25.0 Å². The van der Waals surface area contributed by atoms with E-state index < -0.39 is 0 Å². The maximum Gasteiger partial charge on any atom is 0.122 e. The minimum absolute atomic E-state index is 0.144. The molecule has 0 saturated heterocycles. The van der Waals surface area contributed by atoms with Crippen molar-refractivity contribution in [3.63, 3.8) is 0 Å². The number of rotatable bonds is 7. The maximum absolute atomic E-state index is 5.42. The van der Waals surface area contributed by atoms with E-state index in [1.165, 1.54) is 11.1 Å². The number of methoxy groups -OCH3 is 1. The molecule has 0 heterocycles. The van der Waals surface area contributed by atoms with E-state index in [9.17, 15) is 0 Å². The highest BCUT2D eigenvalue weighted by molar-refractivity contribution is 5.37. The first-order valence-corrected chi connectivity index (χ1v) is 6.89. The molecule has 1 aromatic carbocycles. The van der Waals surface area contributed by atoms with Crippen LogP contribution in [0.15, 0.2) is 18.2 Å². The fourth-order valence-electron chi connectivity index (χ4n) is 2.25. The van der Waals surface area contributed by atoms with Crippen LogP contribution in [0.5, 0.6) is 5.75 Å². The van der Waals surface area contributed by atoms with Crippen LogP contribution >= 0.6 is 0 Å². The van der Waals surface area contributed by atoms with Gasteiger partial charge in [-0.05, 0) is 52.9 Å². The molecule has 108 valence electrons. The number of nitrogens with one attached hydrogen (secondary N) is 1. The van der Waals surface area contributed by atoms with Crippen molar-refractivity contribution < 1.29 is 4.74 Å². The average Bonchev–Trinajstić information content (AvgIpc) is 2.36. The molecule has 0 aliphatic carbocycles. The number of hydrogen-bond donors (Lipinski definition) is 1. The van der Waals surface area contributed by atoms with E-state index in [4.69, 9.17) is 4.74 Å². The molecule has 0 aliphatic rings. The van der Waals surface area contributed by atoms with Gasteiger partial charge in [0.1, 0.15) is 5.75 Å². The van der Waals surface area contributed by atoms with Gasteiger partial charge in [-0.25, -0.2) is 0 Å². The molecule has 0 atom stereocenters. The molecule has 3 nitrogen and oxygen atoms in total. The summed E-state index contributed by atoms with van der Waals surface area (Å²) in [6.45, 7) is 8.62. The van der Waals surface area contributed by atoms with Crippen LogP contribution < -0.4 is 10.1 Å². The molecule has 0 amide bonds. The van der Waals surface area contributed by atoms with E-state index in [0.717, 1.165) is 25.3 Å². The Morgan fingerprint density at radius 2 is 2.00 bits per heavy atom. The smallest absolute Gasteiger partial charge is 0.122 e. The van der Waals surface area contributed by atoms with E-state index >= 15 is 0 Å². The molecule has 0 aromatic heterocycles. The van der Waals surface area contributed by atoms with Gasteiger partial charge in [-0.2, -0.15) is 0 Å². The molecular formula is C16H28N2O. The van der Waals surface area contributed by atoms with Crippen LogP contribution in [0.4, 0.5) is 0 Å². The second kappa shape index (κ2) is 6.92. The van der Waals surface area contributed by atoms with Crippen molar-refractivity contribution in [2.24, 2.45) is 0 Å². The Hall–Kier alpha value is -1.06. The average molecular weight is 264 g/mol. The first-order chi connectivity index (χ1) is 8.88. The largest absolute Gasteiger partial charge is 0.496 e. The molecule has 3 heteroatoms. The van der Waals surface area contributed by atoms with Crippen LogP contribution in [-0.2, 0) is 6.42 Å². The zero-order chi connectivity index (χ0) is 14.5. The third-order valence-electron chi connectivity index (χ3n) is 3.54. The van der Waals surface area contributed by atoms with Gasteiger partial charge in [-0.1, -0.05) is 17.7 Å². The predicted octanol–water partition coefficient (Wildman–Crippen LogP) is 2.48. The number of hydrogen-bond acceptors (Lipinski definition) is 3. The quantitative estimate of drug-likeness (QED) is 0.819. The van der Waals surface area contributed by atoms with Crippen LogP contribution in [0.3, 0.4) is 0 Å². The molecule has 0 spiro atoms. The Balaban J connectivity index is 2.59. The van der Waals surface area contributed by atoms with Gasteiger partial charge < -0.3 is 15.0 Å². The summed E-state index contributed by atoms with van der Waals surface area (Å²) < 4.78 is 5.42. The van der Waals surface area contributed by atoms with E-state index in [1.54, 1.807) is 7.11 Å². The van der Waals surface area contributed by atoms with Crippen molar-refractivity contribution >= 4 is 0 Å². The Labute approximate surface area is 118 Å². The Morgan fingerprint density at radius 3 is 2.58 bits per heavy atom. The fraction of sp³-hybridized carbons (Fsp3) is 0.625. The van der Waals surface area contributed by atoms with Gasteiger partial charge in [-0.3, -0.25) is 0 Å². The van der Waals surface area contributed by atoms with Gasteiger partial charge in [-0.15, -0.1) is 0 Å². The zero-order valence-corrected chi connectivity index (χ0v) is 13.2. The van der Waals surface area contributed by atoms with Gasteiger partial charge in [0.25, 0.3) is 0 Å². The topological polar surface area (TPSA) is 24.5 Å². The standard InChI is InChI=1S/C16H28N2O/c1-13-7-8-15(19-6)14(11-13)9-10-18(5)12-16(2,3)17-4/h7-8,11,17H,9-10,12H2,1-6H3. The van der Waals surface area contributed by atoms with Crippen molar-refractivity contribution in [3.8, 4) is 5.75 Å². The summed E-state index contributed by atoms with van der Waals surface area (Å²) in [5.74, 6) is 0.992. The third-order valence-corrected chi connectivity index (χ3v) is 3.54. The van der Waals surface area contributed by atoms with Gasteiger partial charge in [0.2, 0.25) is 0 Å². The lowest BCUT2D eigenvalue weighted by atomic mass is 10.0. The Bertz CT molecular complexity index is 402. The van der Waals surface area contributed by atoms with E-state index in [0.29, 0.717) is 0 Å². The lowest BCUT2D eigenvalue weighted by Crippen LogP contribution is -2.46. The number of aryl methyl sites for hydroxylation is 1. The molecule has 1 rings (SSSR count). The van der Waals surface area contributed by atoms with Gasteiger partial charge >= 0.3 is 0 Å². The first kappa shape index (κ1) is 16.0. The molecule has 0 unspecified atom stereocenters.